The number of nitrogens with zero attached hydrogens (tertiary/aromatic N) is 4. The number of pyridine rings is 1. The fourth-order valence-electron chi connectivity index (χ4n) is 3.32. The Labute approximate surface area is 172 Å². The zero-order valence-electron chi connectivity index (χ0n) is 17.4. The zero-order valence-corrected chi connectivity index (χ0v) is 17.4. The monoisotopic (exact) mass is 392 g/mol. The van der Waals surface area contributed by atoms with Crippen molar-refractivity contribution in [1.29, 1.82) is 0 Å². The van der Waals surface area contributed by atoms with Crippen molar-refractivity contribution in [2.24, 2.45) is 0 Å². The van der Waals surface area contributed by atoms with E-state index < -0.39 is 0 Å². The van der Waals surface area contributed by atoms with Gasteiger partial charge in [-0.3, -0.25) is 4.98 Å². The third-order valence-corrected chi connectivity index (χ3v) is 4.87. The van der Waals surface area contributed by atoms with Crippen LogP contribution in [0.5, 0.6) is 11.5 Å². The molecule has 0 aliphatic rings. The van der Waals surface area contributed by atoms with Crippen LogP contribution in [-0.2, 0) is 0 Å². The molecule has 0 atom stereocenters. The highest BCUT2D eigenvalue weighted by molar-refractivity contribution is 5.79. The van der Waals surface area contributed by atoms with E-state index in [4.69, 9.17) is 26.3 Å². The summed E-state index contributed by atoms with van der Waals surface area (Å²) in [5, 5.41) is 4.90. The molecule has 152 valence electrons. The van der Waals surface area contributed by atoms with Crippen molar-refractivity contribution in [1.82, 2.24) is 9.38 Å². The van der Waals surface area contributed by atoms with E-state index in [-0.39, 0.29) is 0 Å². The molecule has 0 aliphatic heterocycles. The summed E-state index contributed by atoms with van der Waals surface area (Å²) in [6.07, 6.45) is 6.31. The number of fused-ring (bicyclic) bond motifs is 1. The van der Waals surface area contributed by atoms with Gasteiger partial charge in [-0.05, 0) is 49.0 Å². The van der Waals surface area contributed by atoms with Gasteiger partial charge in [0.1, 0.15) is 0 Å². The van der Waals surface area contributed by atoms with Crippen LogP contribution in [0, 0.1) is 13.5 Å². The summed E-state index contributed by atoms with van der Waals surface area (Å²) < 4.78 is 12.9. The summed E-state index contributed by atoms with van der Waals surface area (Å²) in [6, 6.07) is 9.98. The molecule has 2 aromatic heterocycles. The smallest absolute Gasteiger partial charge is 0.263 e. The predicted molar refractivity (Wildman–Crippen MR) is 118 cm³/mol. The third kappa shape index (κ3) is 4.80. The number of aryl methyl sites for hydroxylation is 1. The molecule has 0 aliphatic carbocycles. The van der Waals surface area contributed by atoms with Gasteiger partial charge in [0.05, 0.1) is 25.6 Å². The molecule has 3 rings (SSSR count). The van der Waals surface area contributed by atoms with Crippen LogP contribution in [-0.4, -0.2) is 36.7 Å². The Morgan fingerprint density at radius 1 is 1.03 bits per heavy atom. The Balaban J connectivity index is 1.86. The first-order chi connectivity index (χ1) is 14.2. The molecule has 6 nitrogen and oxygen atoms in total. The molecule has 1 aromatic carbocycles. The highest BCUT2D eigenvalue weighted by Gasteiger charge is 2.11. The minimum atomic E-state index is 0.675. The highest BCUT2D eigenvalue weighted by Crippen LogP contribution is 2.38. The van der Waals surface area contributed by atoms with E-state index in [0.717, 1.165) is 61.5 Å². The van der Waals surface area contributed by atoms with Gasteiger partial charge in [-0.1, -0.05) is 36.5 Å². The fraction of sp³-hybridized carbons (Fsp3) is 0.391. The van der Waals surface area contributed by atoms with E-state index in [0.29, 0.717) is 11.5 Å². The van der Waals surface area contributed by atoms with Gasteiger partial charge in [-0.2, -0.15) is 0 Å². The van der Waals surface area contributed by atoms with Crippen molar-refractivity contribution in [2.75, 3.05) is 27.3 Å². The van der Waals surface area contributed by atoms with Crippen molar-refractivity contribution < 1.29 is 9.47 Å². The van der Waals surface area contributed by atoms with E-state index >= 15 is 0 Å². The Morgan fingerprint density at radius 3 is 2.59 bits per heavy atom. The molecule has 3 aromatic rings. The lowest BCUT2D eigenvalue weighted by Crippen LogP contribution is -1.92. The number of methoxy groups -OCH3 is 2. The molecule has 0 fully saturated rings. The van der Waals surface area contributed by atoms with Gasteiger partial charge in [0.2, 0.25) is 0 Å². The highest BCUT2D eigenvalue weighted by atomic mass is 16.5. The minimum absolute atomic E-state index is 0.675. The van der Waals surface area contributed by atoms with Crippen molar-refractivity contribution in [3.05, 3.63) is 52.3 Å². The molecular weight excluding hydrogens is 364 g/mol. The molecule has 0 saturated heterocycles. The van der Waals surface area contributed by atoms with Crippen LogP contribution in [0.2, 0.25) is 0 Å². The second-order valence-electron chi connectivity index (χ2n) is 6.99. The van der Waals surface area contributed by atoms with Crippen LogP contribution in [0.3, 0.4) is 0 Å². The quantitative estimate of drug-likeness (QED) is 0.406. The average Bonchev–Trinajstić information content (AvgIpc) is 3.10. The number of hydrogen-bond acceptors (Lipinski definition) is 3. The van der Waals surface area contributed by atoms with Gasteiger partial charge >= 0.3 is 0 Å². The molecule has 29 heavy (non-hydrogen) atoms. The van der Waals surface area contributed by atoms with Gasteiger partial charge in [0.15, 0.2) is 11.5 Å². The molecule has 0 spiro atoms. The van der Waals surface area contributed by atoms with Crippen LogP contribution in [0.4, 0.5) is 5.82 Å². The lowest BCUT2D eigenvalue weighted by Gasteiger charge is -2.18. The molecule has 0 saturated carbocycles. The molecule has 6 heteroatoms. The zero-order chi connectivity index (χ0) is 20.6. The van der Waals surface area contributed by atoms with E-state index in [1.807, 2.05) is 28.8 Å². The lowest BCUT2D eigenvalue weighted by atomic mass is 10.1. The van der Waals surface area contributed by atoms with Gasteiger partial charge in [0, 0.05) is 12.0 Å². The standard InChI is InChI=1S/C23H28N4O2/c1-17-11-14-27-21(15-17)26-22(18-9-10-19(28-3)20(16-18)29-4)23(27)25-13-8-6-5-7-12-24-2/h2,9-11,14-16H,5-8,12-13H2,1,3-4H3. The lowest BCUT2D eigenvalue weighted by molar-refractivity contribution is 0.355. The Hall–Kier alpha value is -3.20. The van der Waals surface area contributed by atoms with Crippen molar-refractivity contribution in [2.45, 2.75) is 32.6 Å². The fourth-order valence-corrected chi connectivity index (χ4v) is 3.32. The van der Waals surface area contributed by atoms with Gasteiger partial charge < -0.3 is 19.2 Å². The summed E-state index contributed by atoms with van der Waals surface area (Å²) in [5.74, 6) is 2.23. The number of aromatic nitrogens is 2. The molecule has 0 amide bonds. The molecule has 0 unspecified atom stereocenters. The average molecular weight is 393 g/mol. The van der Waals surface area contributed by atoms with Crippen molar-refractivity contribution >= 4 is 11.5 Å². The van der Waals surface area contributed by atoms with Crippen LogP contribution in [0.25, 0.3) is 27.1 Å². The number of ether oxygens (including phenoxy) is 2. The maximum atomic E-state index is 5.47. The van der Waals surface area contributed by atoms with E-state index in [1.54, 1.807) is 14.2 Å². The summed E-state index contributed by atoms with van der Waals surface area (Å²) in [4.78, 5) is 8.51. The second kappa shape index (κ2) is 9.83. The van der Waals surface area contributed by atoms with Crippen LogP contribution in [0.1, 0.15) is 31.2 Å². The van der Waals surface area contributed by atoms with Crippen molar-refractivity contribution in [3.8, 4) is 29.3 Å². The van der Waals surface area contributed by atoms with Crippen molar-refractivity contribution in [3.63, 3.8) is 0 Å². The maximum Gasteiger partial charge on any atom is 0.263 e. The van der Waals surface area contributed by atoms with Crippen LogP contribution >= 0.6 is 0 Å². The Morgan fingerprint density at radius 2 is 1.83 bits per heavy atom. The summed E-state index contributed by atoms with van der Waals surface area (Å²) in [7, 11) is 3.27. The van der Waals surface area contributed by atoms with Crippen LogP contribution in [0.15, 0.2) is 36.5 Å². The van der Waals surface area contributed by atoms with Gasteiger partial charge in [-0.25, -0.2) is 0 Å². The molecule has 2 heterocycles. The largest absolute Gasteiger partial charge is 0.493 e. The topological polar surface area (TPSA) is 54.2 Å². The Kier molecular flexibility index (Phi) is 6.96. The molecule has 0 bridgehead atoms. The molecular formula is C23H28N4O2. The predicted octanol–water partition coefficient (Wildman–Crippen LogP) is 5.86. The minimum Gasteiger partial charge on any atom is -0.493 e. The summed E-state index contributed by atoms with van der Waals surface area (Å²) >= 11 is 0. The number of benzene rings is 1. The maximum absolute atomic E-state index is 5.47. The van der Waals surface area contributed by atoms with Gasteiger partial charge in [0.25, 0.3) is 13.1 Å². The summed E-state index contributed by atoms with van der Waals surface area (Å²) in [6.45, 7) is 8.73. The van der Waals surface area contributed by atoms with E-state index in [1.165, 1.54) is 5.56 Å². The first-order valence-electron chi connectivity index (χ1n) is 9.93. The third-order valence-electron chi connectivity index (χ3n) is 4.87. The first-order valence-corrected chi connectivity index (χ1v) is 9.93. The second-order valence-corrected chi connectivity index (χ2v) is 6.99. The molecule has 0 radical (unpaired) electrons. The molecule has 0 N–H and O–H groups in total. The number of hydrogen-bond donors (Lipinski definition) is 0. The normalized spacial score (nSPS) is 10.7. The number of imidazole rings is 1. The number of unbranched alkanes of at least 4 members (excludes halogenated alkanes) is 3. The van der Waals surface area contributed by atoms with E-state index in [9.17, 15) is 0 Å². The Bertz CT molecular complexity index is 1000. The first kappa shape index (κ1) is 20.5. The van der Waals surface area contributed by atoms with Gasteiger partial charge in [-0.15, -0.1) is 0 Å². The SMILES string of the molecule is C#[N+]CCCCCC[N-]c1c(-c2ccc(OC)c(OC)c2)nc2cc(C)ccn12. The van der Waals surface area contributed by atoms with Crippen LogP contribution < -0.4 is 9.47 Å². The summed E-state index contributed by atoms with van der Waals surface area (Å²) in [5.41, 5.74) is 3.85. The van der Waals surface area contributed by atoms with E-state index in [2.05, 4.69) is 23.9 Å². The number of rotatable bonds is 10.